The van der Waals surface area contributed by atoms with Gasteiger partial charge in [-0.1, -0.05) is 12.1 Å². The van der Waals surface area contributed by atoms with Crippen LogP contribution in [0.2, 0.25) is 0 Å². The molecule has 0 aliphatic carbocycles. The second-order valence-electron chi connectivity index (χ2n) is 4.79. The van der Waals surface area contributed by atoms with Gasteiger partial charge in [-0.2, -0.15) is 0 Å². The largest absolute Gasteiger partial charge is 0.461 e. The predicted molar refractivity (Wildman–Crippen MR) is 65.3 cm³/mol. The summed E-state index contributed by atoms with van der Waals surface area (Å²) in [4.78, 5) is 13.6. The van der Waals surface area contributed by atoms with Crippen molar-refractivity contribution in [1.82, 2.24) is 10.1 Å². The second kappa shape index (κ2) is 4.24. The molecule has 0 saturated carbocycles. The Hall–Kier alpha value is -2.08. The molecule has 1 aliphatic rings. The summed E-state index contributed by atoms with van der Waals surface area (Å²) in [6.07, 6.45) is 2.16. The van der Waals surface area contributed by atoms with E-state index >= 15 is 0 Å². The van der Waals surface area contributed by atoms with Gasteiger partial charge < -0.3 is 18.9 Å². The Morgan fingerprint density at radius 3 is 2.95 bits per heavy atom. The minimum Gasteiger partial charge on any atom is -0.461 e. The number of β-amino-alcohol motifs (C(OH)–C–C–N with tert-alkyl or cyclic N) is 1. The number of hydrogen-bond acceptors (Lipinski definition) is 5. The third-order valence-corrected chi connectivity index (χ3v) is 3.41. The van der Waals surface area contributed by atoms with E-state index in [-0.39, 0.29) is 11.6 Å². The number of amides is 1. The Bertz CT molecular complexity index is 582. The molecular formula is C13H14N2O4. The number of furan rings is 1. The van der Waals surface area contributed by atoms with Gasteiger partial charge in [0, 0.05) is 6.07 Å². The van der Waals surface area contributed by atoms with Crippen LogP contribution in [0.1, 0.15) is 23.8 Å². The number of aromatic nitrogens is 1. The van der Waals surface area contributed by atoms with E-state index < -0.39 is 5.60 Å². The van der Waals surface area contributed by atoms with Crippen molar-refractivity contribution >= 4 is 5.91 Å². The minimum atomic E-state index is -0.747. The third-order valence-electron chi connectivity index (χ3n) is 3.41. The molecule has 0 spiro atoms. The summed E-state index contributed by atoms with van der Waals surface area (Å²) in [5, 5.41) is 13.6. The molecule has 0 aromatic carbocycles. The normalized spacial score (nSPS) is 17.3. The van der Waals surface area contributed by atoms with Crippen LogP contribution in [0.25, 0.3) is 11.5 Å². The summed E-state index contributed by atoms with van der Waals surface area (Å²) < 4.78 is 10.2. The summed E-state index contributed by atoms with van der Waals surface area (Å²) in [5.41, 5.74) is -0.520. The van der Waals surface area contributed by atoms with E-state index in [4.69, 9.17) is 8.94 Å². The molecule has 2 aromatic heterocycles. The lowest BCUT2D eigenvalue weighted by molar-refractivity contribution is -0.0829. The Morgan fingerprint density at radius 2 is 2.32 bits per heavy atom. The van der Waals surface area contributed by atoms with Crippen LogP contribution in [-0.4, -0.2) is 39.8 Å². The van der Waals surface area contributed by atoms with Crippen molar-refractivity contribution in [3.63, 3.8) is 0 Å². The monoisotopic (exact) mass is 262 g/mol. The highest BCUT2D eigenvalue weighted by molar-refractivity contribution is 5.93. The molecule has 6 nitrogen and oxygen atoms in total. The lowest BCUT2D eigenvalue weighted by atomic mass is 9.91. The maximum Gasteiger partial charge on any atom is 0.276 e. The number of rotatable bonds is 3. The van der Waals surface area contributed by atoms with Crippen molar-refractivity contribution in [3.05, 3.63) is 30.2 Å². The van der Waals surface area contributed by atoms with Gasteiger partial charge >= 0.3 is 0 Å². The first-order chi connectivity index (χ1) is 9.11. The average Bonchev–Trinajstić information content (AvgIpc) is 3.03. The standard InChI is InChI=1S/C13H14N2O4/c1-2-13(17)7-15(8-13)12(16)9-6-11(19-14-9)10-4-3-5-18-10/h3-6,17H,2,7-8H2,1H3. The van der Waals surface area contributed by atoms with E-state index in [9.17, 15) is 9.90 Å². The van der Waals surface area contributed by atoms with Gasteiger partial charge in [0.1, 0.15) is 0 Å². The van der Waals surface area contributed by atoms with Gasteiger partial charge in [0.25, 0.3) is 5.91 Å². The Labute approximate surface area is 109 Å². The van der Waals surface area contributed by atoms with Gasteiger partial charge in [-0.25, -0.2) is 0 Å². The zero-order chi connectivity index (χ0) is 13.5. The zero-order valence-electron chi connectivity index (χ0n) is 10.5. The van der Waals surface area contributed by atoms with Gasteiger partial charge in [0.15, 0.2) is 11.5 Å². The fraction of sp³-hybridized carbons (Fsp3) is 0.385. The van der Waals surface area contributed by atoms with E-state index in [1.807, 2.05) is 6.92 Å². The molecule has 2 aromatic rings. The first kappa shape index (κ1) is 12.0. The molecule has 3 heterocycles. The Kier molecular flexibility index (Phi) is 2.67. The summed E-state index contributed by atoms with van der Waals surface area (Å²) in [6, 6.07) is 5.01. The van der Waals surface area contributed by atoms with Crippen LogP contribution in [-0.2, 0) is 0 Å². The van der Waals surface area contributed by atoms with Crippen LogP contribution in [0, 0.1) is 0 Å². The number of hydrogen-bond donors (Lipinski definition) is 1. The molecule has 1 N–H and O–H groups in total. The number of nitrogens with zero attached hydrogens (tertiary/aromatic N) is 2. The molecule has 1 amide bonds. The highest BCUT2D eigenvalue weighted by Crippen LogP contribution is 2.27. The van der Waals surface area contributed by atoms with Crippen LogP contribution < -0.4 is 0 Å². The molecule has 6 heteroatoms. The predicted octanol–water partition coefficient (Wildman–Crippen LogP) is 1.53. The van der Waals surface area contributed by atoms with E-state index in [0.29, 0.717) is 31.0 Å². The first-order valence-electron chi connectivity index (χ1n) is 6.13. The van der Waals surface area contributed by atoms with E-state index in [2.05, 4.69) is 5.16 Å². The van der Waals surface area contributed by atoms with Crippen molar-refractivity contribution in [2.45, 2.75) is 18.9 Å². The molecular weight excluding hydrogens is 248 g/mol. The molecule has 1 fully saturated rings. The van der Waals surface area contributed by atoms with Crippen molar-refractivity contribution in [2.24, 2.45) is 0 Å². The summed E-state index contributed by atoms with van der Waals surface area (Å²) in [6.45, 7) is 2.57. The highest BCUT2D eigenvalue weighted by Gasteiger charge is 2.42. The van der Waals surface area contributed by atoms with Gasteiger partial charge in [-0.05, 0) is 18.6 Å². The molecule has 0 unspecified atom stereocenters. The molecule has 1 saturated heterocycles. The lowest BCUT2D eigenvalue weighted by Gasteiger charge is -2.45. The fourth-order valence-corrected chi connectivity index (χ4v) is 2.10. The third kappa shape index (κ3) is 2.04. The van der Waals surface area contributed by atoms with Crippen LogP contribution in [0.4, 0.5) is 0 Å². The highest BCUT2D eigenvalue weighted by atomic mass is 16.5. The van der Waals surface area contributed by atoms with Crippen molar-refractivity contribution < 1.29 is 18.8 Å². The maximum atomic E-state index is 12.1. The second-order valence-corrected chi connectivity index (χ2v) is 4.79. The number of carbonyl (C=O) groups excluding carboxylic acids is 1. The lowest BCUT2D eigenvalue weighted by Crippen LogP contribution is -2.63. The van der Waals surface area contributed by atoms with Crippen LogP contribution in [0.5, 0.6) is 0 Å². The fourth-order valence-electron chi connectivity index (χ4n) is 2.10. The molecule has 3 rings (SSSR count). The SMILES string of the molecule is CCC1(O)CN(C(=O)c2cc(-c3ccco3)on2)C1. The Morgan fingerprint density at radius 1 is 1.53 bits per heavy atom. The minimum absolute atomic E-state index is 0.226. The zero-order valence-corrected chi connectivity index (χ0v) is 10.5. The molecule has 0 radical (unpaired) electrons. The Balaban J connectivity index is 1.72. The van der Waals surface area contributed by atoms with Crippen LogP contribution in [0.15, 0.2) is 33.4 Å². The summed E-state index contributed by atoms with van der Waals surface area (Å²) >= 11 is 0. The number of aliphatic hydroxyl groups is 1. The first-order valence-corrected chi connectivity index (χ1v) is 6.13. The van der Waals surface area contributed by atoms with Crippen LogP contribution in [0.3, 0.4) is 0 Å². The van der Waals surface area contributed by atoms with Crippen LogP contribution >= 0.6 is 0 Å². The van der Waals surface area contributed by atoms with Gasteiger partial charge in [0.05, 0.1) is 25.0 Å². The van der Waals surface area contributed by atoms with E-state index in [1.54, 1.807) is 23.1 Å². The van der Waals surface area contributed by atoms with Crippen molar-refractivity contribution in [2.75, 3.05) is 13.1 Å². The summed E-state index contributed by atoms with van der Waals surface area (Å²) in [7, 11) is 0. The topological polar surface area (TPSA) is 79.7 Å². The van der Waals surface area contributed by atoms with Crippen molar-refractivity contribution in [1.29, 1.82) is 0 Å². The average molecular weight is 262 g/mol. The van der Waals surface area contributed by atoms with Gasteiger partial charge in [-0.15, -0.1) is 0 Å². The molecule has 100 valence electrons. The smallest absolute Gasteiger partial charge is 0.276 e. The molecule has 19 heavy (non-hydrogen) atoms. The van der Waals surface area contributed by atoms with E-state index in [0.717, 1.165) is 0 Å². The quantitative estimate of drug-likeness (QED) is 0.907. The van der Waals surface area contributed by atoms with Crippen molar-refractivity contribution in [3.8, 4) is 11.5 Å². The molecule has 1 aliphatic heterocycles. The number of carbonyl (C=O) groups is 1. The van der Waals surface area contributed by atoms with E-state index in [1.165, 1.54) is 6.26 Å². The molecule has 0 bridgehead atoms. The number of likely N-dealkylation sites (tertiary alicyclic amines) is 1. The van der Waals surface area contributed by atoms with Gasteiger partial charge in [-0.3, -0.25) is 4.79 Å². The maximum absolute atomic E-state index is 12.1. The van der Waals surface area contributed by atoms with Gasteiger partial charge in [0.2, 0.25) is 5.76 Å². The molecule has 0 atom stereocenters. The summed E-state index contributed by atoms with van der Waals surface area (Å²) in [5.74, 6) is 0.708.